The van der Waals surface area contributed by atoms with Gasteiger partial charge in [0.25, 0.3) is 0 Å². The lowest BCUT2D eigenvalue weighted by molar-refractivity contribution is -0.125. The number of ether oxygens (including phenoxy) is 1. The van der Waals surface area contributed by atoms with Crippen molar-refractivity contribution >= 4 is 0 Å². The molecule has 1 heterocycles. The first-order valence-electron chi connectivity index (χ1n) is 4.98. The predicted molar refractivity (Wildman–Crippen MR) is 50.7 cm³/mol. The summed E-state index contributed by atoms with van der Waals surface area (Å²) < 4.78 is 53.9. The van der Waals surface area contributed by atoms with Gasteiger partial charge in [0, 0.05) is 18.0 Å². The maximum Gasteiger partial charge on any atom is 0.319 e. The van der Waals surface area contributed by atoms with Gasteiger partial charge in [0.15, 0.2) is 0 Å². The number of alkyl halides is 4. The van der Waals surface area contributed by atoms with E-state index in [1.807, 2.05) is 0 Å². The Labute approximate surface area is 91.3 Å². The summed E-state index contributed by atoms with van der Waals surface area (Å²) >= 11 is 0. The molecule has 16 heavy (non-hydrogen) atoms. The molecule has 0 aromatic rings. The minimum absolute atomic E-state index is 0.135. The lowest BCUT2D eigenvalue weighted by atomic mass is 9.86. The largest absolute Gasteiger partial charge is 0.379 e. The fourth-order valence-corrected chi connectivity index (χ4v) is 1.50. The molecule has 96 valence electrons. The van der Waals surface area contributed by atoms with Crippen molar-refractivity contribution in [3.05, 3.63) is 0 Å². The van der Waals surface area contributed by atoms with Crippen LogP contribution in [0.2, 0.25) is 0 Å². The molecule has 0 aliphatic carbocycles. The van der Waals surface area contributed by atoms with E-state index in [9.17, 15) is 17.6 Å². The lowest BCUT2D eigenvalue weighted by Gasteiger charge is -2.28. The zero-order valence-electron chi connectivity index (χ0n) is 8.98. The molecule has 0 saturated carbocycles. The smallest absolute Gasteiger partial charge is 0.319 e. The van der Waals surface area contributed by atoms with Gasteiger partial charge in [-0.15, -0.1) is 0 Å². The van der Waals surface area contributed by atoms with E-state index in [2.05, 4.69) is 5.32 Å². The van der Waals surface area contributed by atoms with Crippen molar-refractivity contribution in [2.24, 2.45) is 11.1 Å². The number of hydrogen-bond donors (Lipinski definition) is 2. The summed E-state index contributed by atoms with van der Waals surface area (Å²) in [4.78, 5) is 0. The molecule has 3 nitrogen and oxygen atoms in total. The Morgan fingerprint density at radius 3 is 2.62 bits per heavy atom. The van der Waals surface area contributed by atoms with E-state index >= 15 is 0 Å². The van der Waals surface area contributed by atoms with Crippen LogP contribution in [0.1, 0.15) is 6.92 Å². The van der Waals surface area contributed by atoms with Gasteiger partial charge in [0.05, 0.1) is 19.8 Å². The Morgan fingerprint density at radius 1 is 1.56 bits per heavy atom. The summed E-state index contributed by atoms with van der Waals surface area (Å²) in [5, 5.41) is 2.33. The molecule has 0 bridgehead atoms. The average molecular weight is 244 g/mol. The lowest BCUT2D eigenvalue weighted by Crippen LogP contribution is -2.48. The highest BCUT2D eigenvalue weighted by molar-refractivity contribution is 4.92. The van der Waals surface area contributed by atoms with E-state index in [-0.39, 0.29) is 12.6 Å². The van der Waals surface area contributed by atoms with E-state index in [4.69, 9.17) is 10.5 Å². The zero-order chi connectivity index (χ0) is 12.4. The van der Waals surface area contributed by atoms with E-state index < -0.39 is 24.3 Å². The topological polar surface area (TPSA) is 47.3 Å². The minimum atomic E-state index is -4.00. The molecular formula is C9H16F4N2O. The normalized spacial score (nSPS) is 31.3. The summed E-state index contributed by atoms with van der Waals surface area (Å²) in [5.41, 5.74) is 5.25. The summed E-state index contributed by atoms with van der Waals surface area (Å²) in [5.74, 6) is -4.00. The SMILES string of the molecule is CC1(CNCC(F)(F)C(F)F)COCC1N. The Hall–Kier alpha value is -0.400. The highest BCUT2D eigenvalue weighted by Crippen LogP contribution is 2.27. The highest BCUT2D eigenvalue weighted by atomic mass is 19.3. The minimum Gasteiger partial charge on any atom is -0.379 e. The second kappa shape index (κ2) is 4.85. The molecule has 0 radical (unpaired) electrons. The molecule has 2 unspecified atom stereocenters. The predicted octanol–water partition coefficient (Wildman–Crippen LogP) is 0.840. The maximum absolute atomic E-state index is 12.6. The third-order valence-corrected chi connectivity index (χ3v) is 2.83. The van der Waals surface area contributed by atoms with Crippen LogP contribution in [0.3, 0.4) is 0 Å². The summed E-state index contributed by atoms with van der Waals surface area (Å²) in [6.07, 6.45) is -3.65. The first kappa shape index (κ1) is 13.7. The number of nitrogens with two attached hydrogens (primary N) is 1. The second-order valence-corrected chi connectivity index (χ2v) is 4.44. The van der Waals surface area contributed by atoms with Crippen molar-refractivity contribution in [1.82, 2.24) is 5.32 Å². The number of halogens is 4. The number of rotatable bonds is 5. The van der Waals surface area contributed by atoms with Crippen LogP contribution in [0.15, 0.2) is 0 Å². The molecule has 1 rings (SSSR count). The Balaban J connectivity index is 2.35. The van der Waals surface area contributed by atoms with Gasteiger partial charge < -0.3 is 15.8 Å². The molecule has 0 spiro atoms. The van der Waals surface area contributed by atoms with Crippen LogP contribution in [-0.2, 0) is 4.74 Å². The summed E-state index contributed by atoms with van der Waals surface area (Å²) in [6, 6.07) is -0.264. The summed E-state index contributed by atoms with van der Waals surface area (Å²) in [7, 11) is 0. The van der Waals surface area contributed by atoms with Gasteiger partial charge in [0.2, 0.25) is 0 Å². The Bertz CT molecular complexity index is 240. The quantitative estimate of drug-likeness (QED) is 0.704. The summed E-state index contributed by atoms with van der Waals surface area (Å²) in [6.45, 7) is 1.58. The fraction of sp³-hybridized carbons (Fsp3) is 1.00. The average Bonchev–Trinajstić information content (AvgIpc) is 2.46. The van der Waals surface area contributed by atoms with Crippen LogP contribution in [0, 0.1) is 5.41 Å². The van der Waals surface area contributed by atoms with Crippen molar-refractivity contribution in [3.8, 4) is 0 Å². The molecule has 0 aromatic heterocycles. The van der Waals surface area contributed by atoms with Crippen molar-refractivity contribution in [3.63, 3.8) is 0 Å². The van der Waals surface area contributed by atoms with Crippen molar-refractivity contribution in [1.29, 1.82) is 0 Å². The fourth-order valence-electron chi connectivity index (χ4n) is 1.50. The molecule has 1 aliphatic rings. The standard InChI is InChI=1S/C9H16F4N2O/c1-8(5-16-2-6(8)14)3-15-4-9(12,13)7(10)11/h6-7,15H,2-5,14H2,1H3. The van der Waals surface area contributed by atoms with E-state index in [1.54, 1.807) is 6.92 Å². The molecular weight excluding hydrogens is 228 g/mol. The van der Waals surface area contributed by atoms with Gasteiger partial charge in [-0.25, -0.2) is 8.78 Å². The second-order valence-electron chi connectivity index (χ2n) is 4.44. The molecule has 3 N–H and O–H groups in total. The maximum atomic E-state index is 12.6. The van der Waals surface area contributed by atoms with Gasteiger partial charge >= 0.3 is 12.3 Å². The molecule has 1 fully saturated rings. The van der Waals surface area contributed by atoms with Crippen LogP contribution in [0.5, 0.6) is 0 Å². The highest BCUT2D eigenvalue weighted by Gasteiger charge is 2.42. The molecule has 1 saturated heterocycles. The first-order valence-corrected chi connectivity index (χ1v) is 4.98. The first-order chi connectivity index (χ1) is 7.28. The van der Waals surface area contributed by atoms with Crippen molar-refractivity contribution < 1.29 is 22.3 Å². The number of hydrogen-bond acceptors (Lipinski definition) is 3. The van der Waals surface area contributed by atoms with Gasteiger partial charge in [-0.3, -0.25) is 0 Å². The third kappa shape index (κ3) is 3.05. The Morgan fingerprint density at radius 2 is 2.19 bits per heavy atom. The van der Waals surface area contributed by atoms with Crippen LogP contribution in [0.25, 0.3) is 0 Å². The van der Waals surface area contributed by atoms with Gasteiger partial charge in [0.1, 0.15) is 0 Å². The van der Waals surface area contributed by atoms with Crippen LogP contribution in [0.4, 0.5) is 17.6 Å². The van der Waals surface area contributed by atoms with Crippen LogP contribution >= 0.6 is 0 Å². The Kier molecular flexibility index (Phi) is 4.14. The van der Waals surface area contributed by atoms with Gasteiger partial charge in [-0.05, 0) is 0 Å². The third-order valence-electron chi connectivity index (χ3n) is 2.83. The zero-order valence-corrected chi connectivity index (χ0v) is 8.98. The number of nitrogens with one attached hydrogen (secondary N) is 1. The van der Waals surface area contributed by atoms with Gasteiger partial charge in [-0.2, -0.15) is 8.78 Å². The monoisotopic (exact) mass is 244 g/mol. The molecule has 1 aliphatic heterocycles. The molecule has 0 amide bonds. The van der Waals surface area contributed by atoms with E-state index in [0.29, 0.717) is 13.2 Å². The van der Waals surface area contributed by atoms with E-state index in [0.717, 1.165) is 0 Å². The van der Waals surface area contributed by atoms with E-state index in [1.165, 1.54) is 0 Å². The molecule has 0 aromatic carbocycles. The van der Waals surface area contributed by atoms with Crippen LogP contribution in [-0.4, -0.2) is 44.7 Å². The molecule has 7 heteroatoms. The van der Waals surface area contributed by atoms with Gasteiger partial charge in [-0.1, -0.05) is 6.92 Å². The van der Waals surface area contributed by atoms with Crippen LogP contribution < -0.4 is 11.1 Å². The van der Waals surface area contributed by atoms with Crippen molar-refractivity contribution in [2.75, 3.05) is 26.3 Å². The molecule has 2 atom stereocenters. The van der Waals surface area contributed by atoms with Crippen molar-refractivity contribution in [2.45, 2.75) is 25.3 Å².